The molecule has 2 aromatic rings. The van der Waals surface area contributed by atoms with Gasteiger partial charge in [0.05, 0.1) is 24.1 Å². The van der Waals surface area contributed by atoms with E-state index in [4.69, 9.17) is 10.2 Å². The van der Waals surface area contributed by atoms with Crippen molar-refractivity contribution < 1.29 is 4.42 Å². The Morgan fingerprint density at radius 2 is 2.21 bits per heavy atom. The fraction of sp³-hybridized carbons (Fsp3) is 0.267. The SMILES string of the molecule is CCN(Cc1ccco1)c1ccc(CN)cc1C#N. The maximum absolute atomic E-state index is 9.27. The van der Waals surface area contributed by atoms with Gasteiger partial charge in [0.1, 0.15) is 11.8 Å². The van der Waals surface area contributed by atoms with E-state index in [1.165, 1.54) is 0 Å². The third-order valence-corrected chi connectivity index (χ3v) is 3.07. The topological polar surface area (TPSA) is 66.2 Å². The highest BCUT2D eigenvalue weighted by molar-refractivity contribution is 5.60. The van der Waals surface area contributed by atoms with Crippen molar-refractivity contribution in [2.75, 3.05) is 11.4 Å². The Bertz CT molecular complexity index is 570. The summed E-state index contributed by atoms with van der Waals surface area (Å²) >= 11 is 0. The zero-order valence-corrected chi connectivity index (χ0v) is 11.0. The number of nitrogens with two attached hydrogens (primary N) is 1. The van der Waals surface area contributed by atoms with E-state index in [9.17, 15) is 5.26 Å². The Balaban J connectivity index is 2.30. The molecule has 0 aliphatic heterocycles. The van der Waals surface area contributed by atoms with Gasteiger partial charge >= 0.3 is 0 Å². The van der Waals surface area contributed by atoms with Crippen LogP contribution in [0.15, 0.2) is 41.0 Å². The van der Waals surface area contributed by atoms with Gasteiger partial charge in [-0.25, -0.2) is 0 Å². The van der Waals surface area contributed by atoms with Gasteiger partial charge in [-0.15, -0.1) is 0 Å². The molecule has 1 aromatic heterocycles. The normalized spacial score (nSPS) is 10.2. The highest BCUT2D eigenvalue weighted by Crippen LogP contribution is 2.23. The molecule has 0 unspecified atom stereocenters. The molecule has 19 heavy (non-hydrogen) atoms. The first-order valence-electron chi connectivity index (χ1n) is 6.29. The number of rotatable bonds is 5. The first-order valence-corrected chi connectivity index (χ1v) is 6.29. The van der Waals surface area contributed by atoms with Gasteiger partial charge in [0.2, 0.25) is 0 Å². The summed E-state index contributed by atoms with van der Waals surface area (Å²) in [4.78, 5) is 2.11. The van der Waals surface area contributed by atoms with Crippen LogP contribution in [0.3, 0.4) is 0 Å². The van der Waals surface area contributed by atoms with E-state index in [1.807, 2.05) is 30.3 Å². The standard InChI is InChI=1S/C15H17N3O/c1-2-18(11-14-4-3-7-19-14)15-6-5-12(9-16)8-13(15)10-17/h3-8H,2,9,11,16H2,1H3. The molecule has 4 heteroatoms. The van der Waals surface area contributed by atoms with Crippen LogP contribution in [0.4, 0.5) is 5.69 Å². The first kappa shape index (κ1) is 13.2. The lowest BCUT2D eigenvalue weighted by atomic mass is 10.1. The van der Waals surface area contributed by atoms with E-state index in [0.717, 1.165) is 23.6 Å². The van der Waals surface area contributed by atoms with Crippen molar-refractivity contribution in [1.29, 1.82) is 5.26 Å². The molecule has 0 amide bonds. The van der Waals surface area contributed by atoms with Gasteiger partial charge in [0, 0.05) is 13.1 Å². The first-order chi connectivity index (χ1) is 9.28. The van der Waals surface area contributed by atoms with E-state index in [-0.39, 0.29) is 0 Å². The molecule has 0 spiro atoms. The van der Waals surface area contributed by atoms with Crippen molar-refractivity contribution in [2.24, 2.45) is 5.73 Å². The molecule has 0 saturated carbocycles. The second-order valence-corrected chi connectivity index (χ2v) is 4.26. The Labute approximate surface area is 113 Å². The summed E-state index contributed by atoms with van der Waals surface area (Å²) in [6, 6.07) is 11.8. The zero-order valence-electron chi connectivity index (χ0n) is 11.0. The largest absolute Gasteiger partial charge is 0.467 e. The van der Waals surface area contributed by atoms with Gasteiger partial charge in [-0.2, -0.15) is 5.26 Å². The molecule has 0 atom stereocenters. The van der Waals surface area contributed by atoms with Crippen LogP contribution in [0.1, 0.15) is 23.8 Å². The Hall–Kier alpha value is -2.25. The van der Waals surface area contributed by atoms with Crippen LogP contribution >= 0.6 is 0 Å². The van der Waals surface area contributed by atoms with Gasteiger partial charge in [-0.1, -0.05) is 6.07 Å². The lowest BCUT2D eigenvalue weighted by Crippen LogP contribution is -2.22. The summed E-state index contributed by atoms with van der Waals surface area (Å²) < 4.78 is 5.36. The lowest BCUT2D eigenvalue weighted by molar-refractivity contribution is 0.503. The molecule has 4 nitrogen and oxygen atoms in total. The molecule has 0 aliphatic carbocycles. The summed E-state index contributed by atoms with van der Waals surface area (Å²) in [7, 11) is 0. The summed E-state index contributed by atoms with van der Waals surface area (Å²) in [6.45, 7) is 3.96. The molecule has 2 N–H and O–H groups in total. The third kappa shape index (κ3) is 2.95. The van der Waals surface area contributed by atoms with E-state index in [2.05, 4.69) is 17.9 Å². The number of nitriles is 1. The smallest absolute Gasteiger partial charge is 0.123 e. The molecule has 0 radical (unpaired) electrons. The molecule has 1 aromatic carbocycles. The molecule has 0 aliphatic rings. The molecular formula is C15H17N3O. The molecule has 0 saturated heterocycles. The third-order valence-electron chi connectivity index (χ3n) is 3.07. The number of hydrogen-bond acceptors (Lipinski definition) is 4. The van der Waals surface area contributed by atoms with Gasteiger partial charge in [-0.3, -0.25) is 0 Å². The average molecular weight is 255 g/mol. The van der Waals surface area contributed by atoms with Crippen molar-refractivity contribution in [3.8, 4) is 6.07 Å². The second kappa shape index (κ2) is 6.07. The van der Waals surface area contributed by atoms with Gasteiger partial charge in [0.15, 0.2) is 0 Å². The Kier molecular flexibility index (Phi) is 4.22. The van der Waals surface area contributed by atoms with Crippen LogP contribution in [0.2, 0.25) is 0 Å². The number of furan rings is 1. The average Bonchev–Trinajstić information content (AvgIpc) is 2.97. The summed E-state index contributed by atoms with van der Waals surface area (Å²) in [5.74, 6) is 0.883. The monoisotopic (exact) mass is 255 g/mol. The molecule has 1 heterocycles. The molecular weight excluding hydrogens is 238 g/mol. The van der Waals surface area contributed by atoms with Crippen LogP contribution in [0, 0.1) is 11.3 Å². The van der Waals surface area contributed by atoms with Crippen molar-refractivity contribution in [1.82, 2.24) is 0 Å². The van der Waals surface area contributed by atoms with E-state index in [0.29, 0.717) is 18.7 Å². The fourth-order valence-corrected chi connectivity index (χ4v) is 2.03. The molecule has 2 rings (SSSR count). The number of hydrogen-bond donors (Lipinski definition) is 1. The Morgan fingerprint density at radius 3 is 2.79 bits per heavy atom. The molecule has 0 bridgehead atoms. The summed E-state index contributed by atoms with van der Waals surface area (Å²) in [5, 5.41) is 9.27. The fourth-order valence-electron chi connectivity index (χ4n) is 2.03. The minimum atomic E-state index is 0.444. The number of nitrogens with zero attached hydrogens (tertiary/aromatic N) is 2. The van der Waals surface area contributed by atoms with Crippen molar-refractivity contribution in [3.05, 3.63) is 53.5 Å². The van der Waals surface area contributed by atoms with E-state index < -0.39 is 0 Å². The van der Waals surface area contributed by atoms with Crippen molar-refractivity contribution >= 4 is 5.69 Å². The van der Waals surface area contributed by atoms with Crippen LogP contribution in [-0.2, 0) is 13.1 Å². The van der Waals surface area contributed by atoms with Crippen LogP contribution in [0.25, 0.3) is 0 Å². The van der Waals surface area contributed by atoms with Gasteiger partial charge < -0.3 is 15.1 Å². The predicted octanol–water partition coefficient (Wildman–Crippen LogP) is 2.64. The highest BCUT2D eigenvalue weighted by Gasteiger charge is 2.12. The van der Waals surface area contributed by atoms with Crippen LogP contribution in [0.5, 0.6) is 0 Å². The molecule has 98 valence electrons. The maximum atomic E-state index is 9.27. The van der Waals surface area contributed by atoms with E-state index in [1.54, 1.807) is 6.26 Å². The van der Waals surface area contributed by atoms with Gasteiger partial charge in [-0.05, 0) is 36.8 Å². The number of benzene rings is 1. The van der Waals surface area contributed by atoms with Crippen molar-refractivity contribution in [2.45, 2.75) is 20.0 Å². The second-order valence-electron chi connectivity index (χ2n) is 4.26. The predicted molar refractivity (Wildman–Crippen MR) is 74.5 cm³/mol. The van der Waals surface area contributed by atoms with Gasteiger partial charge in [0.25, 0.3) is 0 Å². The maximum Gasteiger partial charge on any atom is 0.123 e. The van der Waals surface area contributed by atoms with E-state index >= 15 is 0 Å². The zero-order chi connectivity index (χ0) is 13.7. The quantitative estimate of drug-likeness (QED) is 0.892. The highest BCUT2D eigenvalue weighted by atomic mass is 16.3. The number of anilines is 1. The van der Waals surface area contributed by atoms with Crippen molar-refractivity contribution in [3.63, 3.8) is 0 Å². The molecule has 0 fully saturated rings. The minimum absolute atomic E-state index is 0.444. The van der Waals surface area contributed by atoms with Crippen LogP contribution < -0.4 is 10.6 Å². The minimum Gasteiger partial charge on any atom is -0.467 e. The lowest BCUT2D eigenvalue weighted by Gasteiger charge is -2.23. The summed E-state index contributed by atoms with van der Waals surface area (Å²) in [5.41, 5.74) is 8.14. The summed E-state index contributed by atoms with van der Waals surface area (Å²) in [6.07, 6.45) is 1.66. The Morgan fingerprint density at radius 1 is 1.37 bits per heavy atom. The van der Waals surface area contributed by atoms with Crippen LogP contribution in [-0.4, -0.2) is 6.54 Å².